The molecule has 1 aliphatic heterocycles. The Morgan fingerprint density at radius 2 is 1.94 bits per heavy atom. The highest BCUT2D eigenvalue weighted by atomic mass is 32.2. The maximum absolute atomic E-state index is 14.9. The van der Waals surface area contributed by atoms with Gasteiger partial charge in [-0.25, -0.2) is 9.29 Å². The van der Waals surface area contributed by atoms with E-state index >= 15 is 0 Å². The Bertz CT molecular complexity index is 1180. The lowest BCUT2D eigenvalue weighted by Crippen LogP contribution is -2.60. The maximum Gasteiger partial charge on any atom is 0.325 e. The number of carbonyl (C=O) groups excluding carboxylic acids is 1. The summed E-state index contributed by atoms with van der Waals surface area (Å²) in [5, 5.41) is 5.12. The van der Waals surface area contributed by atoms with Crippen molar-refractivity contribution in [2.24, 2.45) is 0 Å². The second-order valence-corrected chi connectivity index (χ2v) is 8.49. The number of nitrogens with one attached hydrogen (secondary N) is 1. The number of para-hydroxylation sites is 1. The molecule has 31 heavy (non-hydrogen) atoms. The van der Waals surface area contributed by atoms with E-state index in [2.05, 4.69) is 17.0 Å². The number of aromatic nitrogens is 3. The number of hydrogen-bond acceptors (Lipinski definition) is 4. The molecule has 2 aromatic carbocycles. The zero-order valence-electron chi connectivity index (χ0n) is 17.5. The van der Waals surface area contributed by atoms with E-state index in [1.165, 1.54) is 34.3 Å². The predicted molar refractivity (Wildman–Crippen MR) is 118 cm³/mol. The van der Waals surface area contributed by atoms with Crippen LogP contribution in [0.15, 0.2) is 58.5 Å². The van der Waals surface area contributed by atoms with Crippen molar-refractivity contribution in [3.05, 3.63) is 70.3 Å². The number of halogens is 1. The van der Waals surface area contributed by atoms with Gasteiger partial charge in [-0.15, -0.1) is 0 Å². The van der Waals surface area contributed by atoms with Gasteiger partial charge in [-0.3, -0.25) is 14.6 Å². The average molecular weight is 440 g/mol. The Morgan fingerprint density at radius 1 is 1.19 bits per heavy atom. The largest absolute Gasteiger partial charge is 0.325 e. The van der Waals surface area contributed by atoms with E-state index in [0.29, 0.717) is 22.1 Å². The van der Waals surface area contributed by atoms with Crippen molar-refractivity contribution in [3.63, 3.8) is 0 Å². The topological polar surface area (TPSA) is 69.9 Å². The Kier molecular flexibility index (Phi) is 6.18. The van der Waals surface area contributed by atoms with Crippen molar-refractivity contribution in [1.29, 1.82) is 0 Å². The van der Waals surface area contributed by atoms with E-state index in [-0.39, 0.29) is 17.0 Å². The van der Waals surface area contributed by atoms with Gasteiger partial charge in [0.15, 0.2) is 0 Å². The van der Waals surface area contributed by atoms with Crippen molar-refractivity contribution in [2.75, 3.05) is 10.7 Å². The van der Waals surface area contributed by atoms with Crippen molar-refractivity contribution >= 4 is 23.4 Å². The van der Waals surface area contributed by atoms with Crippen LogP contribution >= 0.6 is 11.8 Å². The molecular weight excluding hydrogens is 415 g/mol. The van der Waals surface area contributed by atoms with E-state index in [0.717, 1.165) is 25.0 Å². The maximum atomic E-state index is 14.9. The summed E-state index contributed by atoms with van der Waals surface area (Å²) in [6.07, 6.45) is 2.30. The summed E-state index contributed by atoms with van der Waals surface area (Å²) in [7, 11) is 0. The van der Waals surface area contributed by atoms with E-state index in [4.69, 9.17) is 0 Å². The minimum absolute atomic E-state index is 0.266. The van der Waals surface area contributed by atoms with Crippen LogP contribution in [-0.4, -0.2) is 21.7 Å². The monoisotopic (exact) mass is 439 g/mol. The standard InChI is InChI=1S/C23H23FN4O2S/c1-3-4-9-14-31-23-25-21(30)20-17-11-6-8-13-19(17)27(15(2)29)22(28(20)26-23)16-10-5-7-12-18(16)24/h5-8,10-13,22H,3-4,9,14H2,1-2H3/p+1. The summed E-state index contributed by atoms with van der Waals surface area (Å²) in [4.78, 5) is 30.3. The van der Waals surface area contributed by atoms with Crippen LogP contribution in [0.1, 0.15) is 44.8 Å². The van der Waals surface area contributed by atoms with E-state index < -0.39 is 12.0 Å². The van der Waals surface area contributed by atoms with Gasteiger partial charge in [-0.2, -0.15) is 0 Å². The van der Waals surface area contributed by atoms with Crippen molar-refractivity contribution < 1.29 is 13.9 Å². The summed E-state index contributed by atoms with van der Waals surface area (Å²) in [5.41, 5.74) is 1.41. The summed E-state index contributed by atoms with van der Waals surface area (Å²) in [6.45, 7) is 3.57. The van der Waals surface area contributed by atoms with E-state index in [1.807, 2.05) is 0 Å². The second kappa shape index (κ2) is 9.01. The number of anilines is 1. The molecule has 0 saturated carbocycles. The molecule has 8 heteroatoms. The number of carbonyl (C=O) groups is 1. The van der Waals surface area contributed by atoms with Gasteiger partial charge in [0.05, 0.1) is 16.8 Å². The summed E-state index contributed by atoms with van der Waals surface area (Å²) in [5.74, 6) is 0.0851. The molecule has 0 spiro atoms. The molecule has 1 aliphatic rings. The number of benzene rings is 2. The van der Waals surface area contributed by atoms with Crippen molar-refractivity contribution in [3.8, 4) is 11.3 Å². The van der Waals surface area contributed by atoms with Gasteiger partial charge in [-0.1, -0.05) is 55.8 Å². The van der Waals surface area contributed by atoms with Crippen LogP contribution in [0.5, 0.6) is 0 Å². The first-order valence-electron chi connectivity index (χ1n) is 10.4. The highest BCUT2D eigenvalue weighted by Crippen LogP contribution is 2.37. The number of H-pyrrole nitrogens is 1. The molecule has 1 aromatic heterocycles. The van der Waals surface area contributed by atoms with Crippen LogP contribution in [0, 0.1) is 5.82 Å². The minimum atomic E-state index is -0.902. The number of fused-ring (bicyclic) bond motifs is 3. The zero-order valence-corrected chi connectivity index (χ0v) is 18.3. The number of thioether (sulfide) groups is 1. The lowest BCUT2D eigenvalue weighted by Gasteiger charge is -2.31. The lowest BCUT2D eigenvalue weighted by molar-refractivity contribution is -0.763. The molecule has 0 bridgehead atoms. The smallest absolute Gasteiger partial charge is 0.291 e. The molecule has 0 fully saturated rings. The molecule has 160 valence electrons. The number of hydrogen-bond donors (Lipinski definition) is 1. The van der Waals surface area contributed by atoms with Gasteiger partial charge < -0.3 is 0 Å². The number of rotatable bonds is 6. The molecule has 6 nitrogen and oxygen atoms in total. The highest BCUT2D eigenvalue weighted by molar-refractivity contribution is 7.99. The number of nitrogens with zero attached hydrogens (tertiary/aromatic N) is 3. The third-order valence-corrected chi connectivity index (χ3v) is 6.22. The van der Waals surface area contributed by atoms with Crippen LogP contribution in [0.4, 0.5) is 10.1 Å². The Morgan fingerprint density at radius 3 is 2.68 bits per heavy atom. The molecule has 4 rings (SSSR count). The first-order chi connectivity index (χ1) is 15.0. The molecule has 0 saturated heterocycles. The third kappa shape index (κ3) is 3.99. The second-order valence-electron chi connectivity index (χ2n) is 7.41. The Hall–Kier alpha value is -3.00. The Balaban J connectivity index is 1.93. The molecule has 3 aromatic rings. The van der Waals surface area contributed by atoms with Crippen LogP contribution in [0.25, 0.3) is 11.3 Å². The fourth-order valence-electron chi connectivity index (χ4n) is 3.86. The van der Waals surface area contributed by atoms with Gasteiger partial charge >= 0.3 is 11.3 Å². The fraction of sp³-hybridized carbons (Fsp3) is 0.304. The van der Waals surface area contributed by atoms with Gasteiger partial charge in [0.25, 0.3) is 6.17 Å². The highest BCUT2D eigenvalue weighted by Gasteiger charge is 2.45. The Labute approximate surface area is 184 Å². The first kappa shape index (κ1) is 21.2. The van der Waals surface area contributed by atoms with Crippen LogP contribution in [0.3, 0.4) is 0 Å². The van der Waals surface area contributed by atoms with Gasteiger partial charge in [0.2, 0.25) is 11.1 Å². The fourth-order valence-corrected chi connectivity index (χ4v) is 4.72. The van der Waals surface area contributed by atoms with Crippen LogP contribution in [0.2, 0.25) is 0 Å². The summed E-state index contributed by atoms with van der Waals surface area (Å²) >= 11 is 1.46. The predicted octanol–water partition coefficient (Wildman–Crippen LogP) is 4.06. The summed E-state index contributed by atoms with van der Waals surface area (Å²) < 4.78 is 16.4. The normalized spacial score (nSPS) is 14.8. The van der Waals surface area contributed by atoms with E-state index in [1.54, 1.807) is 42.5 Å². The molecule has 0 radical (unpaired) electrons. The van der Waals surface area contributed by atoms with Crippen molar-refractivity contribution in [2.45, 2.75) is 44.4 Å². The van der Waals surface area contributed by atoms with Gasteiger partial charge in [-0.05, 0) is 35.4 Å². The zero-order chi connectivity index (χ0) is 22.0. The minimum Gasteiger partial charge on any atom is -0.291 e. The van der Waals surface area contributed by atoms with Gasteiger partial charge in [0.1, 0.15) is 5.82 Å². The number of unbranched alkanes of at least 4 members (excludes halogenated alkanes) is 2. The quantitative estimate of drug-likeness (QED) is 0.357. The molecule has 1 amide bonds. The molecule has 2 heterocycles. The lowest BCUT2D eigenvalue weighted by atomic mass is 10.0. The first-order valence-corrected chi connectivity index (χ1v) is 11.3. The van der Waals surface area contributed by atoms with Crippen molar-refractivity contribution in [1.82, 2.24) is 10.1 Å². The summed E-state index contributed by atoms with van der Waals surface area (Å²) in [6, 6.07) is 13.4. The molecule has 0 aliphatic carbocycles. The van der Waals surface area contributed by atoms with Crippen LogP contribution in [-0.2, 0) is 4.79 Å². The molecule has 1 atom stereocenters. The van der Waals surface area contributed by atoms with E-state index in [9.17, 15) is 14.0 Å². The third-order valence-electron chi connectivity index (χ3n) is 5.27. The van der Waals surface area contributed by atoms with Crippen LogP contribution < -0.4 is 15.1 Å². The molecular formula is C23H24FN4O2S+. The SMILES string of the molecule is CCCCCSc1n[n+]2c(c(=O)[nH]1)-c1ccccc1N(C(C)=O)C2c1ccccc1F. The number of amides is 1. The average Bonchev–Trinajstić information content (AvgIpc) is 2.76. The molecule has 1 unspecified atom stereocenters. The molecule has 1 N–H and O–H groups in total. The van der Waals surface area contributed by atoms with Gasteiger partial charge in [0, 0.05) is 17.8 Å². The number of aromatic amines is 1.